The van der Waals surface area contributed by atoms with Gasteiger partial charge in [-0.25, -0.2) is 4.79 Å². The summed E-state index contributed by atoms with van der Waals surface area (Å²) in [4.78, 5) is 41.2. The lowest BCUT2D eigenvalue weighted by Gasteiger charge is -2.26. The third-order valence-corrected chi connectivity index (χ3v) is 5.39. The molecule has 0 aliphatic carbocycles. The van der Waals surface area contributed by atoms with Crippen molar-refractivity contribution in [3.63, 3.8) is 0 Å². The predicted octanol–water partition coefficient (Wildman–Crippen LogP) is 3.77. The van der Waals surface area contributed by atoms with E-state index in [1.807, 2.05) is 39.5 Å². The van der Waals surface area contributed by atoms with Crippen LogP contribution < -0.4 is 9.47 Å². The number of benzene rings is 1. The van der Waals surface area contributed by atoms with Crippen LogP contribution >= 0.6 is 0 Å². The first-order valence-corrected chi connectivity index (χ1v) is 12.3. The fraction of sp³-hybridized carbons (Fsp3) is 0.654. The van der Waals surface area contributed by atoms with Gasteiger partial charge in [-0.2, -0.15) is 0 Å². The van der Waals surface area contributed by atoms with Crippen LogP contribution in [0.15, 0.2) is 18.2 Å². The van der Waals surface area contributed by atoms with Gasteiger partial charge in [-0.05, 0) is 56.2 Å². The number of nitrogens with zero attached hydrogens (tertiary/aromatic N) is 2. The number of piperidine rings is 1. The summed E-state index contributed by atoms with van der Waals surface area (Å²) in [5.41, 5.74) is 0.255. The molecule has 0 aromatic heterocycles. The zero-order valence-electron chi connectivity index (χ0n) is 21.3. The van der Waals surface area contributed by atoms with E-state index < -0.39 is 5.97 Å². The minimum atomic E-state index is -0.612. The van der Waals surface area contributed by atoms with Crippen molar-refractivity contribution in [1.29, 1.82) is 0 Å². The largest absolute Gasteiger partial charge is 0.490 e. The van der Waals surface area contributed by atoms with Gasteiger partial charge in [0.1, 0.15) is 0 Å². The van der Waals surface area contributed by atoms with Crippen LogP contribution in [-0.2, 0) is 14.3 Å². The highest BCUT2D eigenvalue weighted by Crippen LogP contribution is 2.29. The molecule has 190 valence electrons. The molecule has 8 nitrogen and oxygen atoms in total. The molecule has 1 aromatic rings. The molecule has 0 radical (unpaired) electrons. The number of esters is 1. The third kappa shape index (κ3) is 8.88. The van der Waals surface area contributed by atoms with Gasteiger partial charge in [0.2, 0.25) is 0 Å². The molecule has 2 rings (SSSR count). The molecule has 1 aromatic carbocycles. The lowest BCUT2D eigenvalue weighted by molar-refractivity contribution is -0.135. The van der Waals surface area contributed by atoms with Crippen molar-refractivity contribution in [3.05, 3.63) is 23.8 Å². The number of carbonyl (C=O) groups is 3. The van der Waals surface area contributed by atoms with Crippen LogP contribution in [0.25, 0.3) is 0 Å². The van der Waals surface area contributed by atoms with E-state index in [1.54, 1.807) is 17.0 Å². The molecule has 0 saturated carbocycles. The second-order valence-corrected chi connectivity index (χ2v) is 9.49. The number of likely N-dealkylation sites (tertiary alicyclic amines) is 1. The van der Waals surface area contributed by atoms with Crippen LogP contribution in [0.5, 0.6) is 11.5 Å². The second-order valence-electron chi connectivity index (χ2n) is 9.49. The summed E-state index contributed by atoms with van der Waals surface area (Å²) in [6.45, 7) is 12.7. The standard InChI is InChI=1S/C26H40N2O6/c1-6-32-23-14-21(10-11-22(23)33-17-24(29)27-12-8-7-9-13-27)26(31)34-18-25(30)28(15-19(2)3)16-20(4)5/h10-11,14,19-20H,6-9,12-13,15-18H2,1-5H3. The molecule has 0 spiro atoms. The SMILES string of the molecule is CCOc1cc(C(=O)OCC(=O)N(CC(C)C)CC(C)C)ccc1OCC(=O)N1CCCCC1. The Balaban J connectivity index is 1.98. The van der Waals surface area contributed by atoms with Crippen LogP contribution in [0.3, 0.4) is 0 Å². The maximum absolute atomic E-state index is 12.6. The Morgan fingerprint density at radius 3 is 2.15 bits per heavy atom. The molecule has 0 N–H and O–H groups in total. The molecule has 2 amide bonds. The fourth-order valence-electron chi connectivity index (χ4n) is 3.86. The summed E-state index contributed by atoms with van der Waals surface area (Å²) in [6.07, 6.45) is 3.18. The van der Waals surface area contributed by atoms with E-state index in [4.69, 9.17) is 14.2 Å². The Morgan fingerprint density at radius 2 is 1.56 bits per heavy atom. The van der Waals surface area contributed by atoms with Crippen molar-refractivity contribution in [2.24, 2.45) is 11.8 Å². The molecule has 0 atom stereocenters. The quantitative estimate of drug-likeness (QED) is 0.427. The van der Waals surface area contributed by atoms with E-state index in [1.165, 1.54) is 6.07 Å². The first kappa shape index (κ1) is 27.5. The van der Waals surface area contributed by atoms with Crippen LogP contribution in [0.2, 0.25) is 0 Å². The van der Waals surface area contributed by atoms with Gasteiger partial charge in [-0.3, -0.25) is 9.59 Å². The van der Waals surface area contributed by atoms with E-state index in [2.05, 4.69) is 0 Å². The third-order valence-electron chi connectivity index (χ3n) is 5.39. The highest BCUT2D eigenvalue weighted by atomic mass is 16.5. The van der Waals surface area contributed by atoms with E-state index >= 15 is 0 Å². The molecular weight excluding hydrogens is 436 g/mol. The number of ether oxygens (including phenoxy) is 3. The zero-order chi connectivity index (χ0) is 25.1. The van der Waals surface area contributed by atoms with Crippen molar-refractivity contribution in [3.8, 4) is 11.5 Å². The average molecular weight is 477 g/mol. The molecule has 1 aliphatic rings. The van der Waals surface area contributed by atoms with Crippen LogP contribution in [0.4, 0.5) is 0 Å². The number of carbonyl (C=O) groups excluding carboxylic acids is 3. The normalized spacial score (nSPS) is 13.7. The lowest BCUT2D eigenvalue weighted by atomic mass is 10.1. The van der Waals surface area contributed by atoms with Crippen molar-refractivity contribution in [1.82, 2.24) is 9.80 Å². The van der Waals surface area contributed by atoms with Crippen LogP contribution in [-0.4, -0.2) is 73.6 Å². The highest BCUT2D eigenvalue weighted by molar-refractivity contribution is 5.92. The predicted molar refractivity (Wildman–Crippen MR) is 130 cm³/mol. The van der Waals surface area contributed by atoms with Crippen molar-refractivity contribution in [2.45, 2.75) is 53.9 Å². The number of hydrogen-bond donors (Lipinski definition) is 0. The second kappa shape index (κ2) is 13.8. The lowest BCUT2D eigenvalue weighted by Crippen LogP contribution is -2.39. The average Bonchev–Trinajstić information content (AvgIpc) is 2.81. The van der Waals surface area contributed by atoms with Crippen molar-refractivity contribution >= 4 is 17.8 Å². The molecule has 0 unspecified atom stereocenters. The Hall–Kier alpha value is -2.77. The Morgan fingerprint density at radius 1 is 0.912 bits per heavy atom. The van der Waals surface area contributed by atoms with Gasteiger partial charge >= 0.3 is 5.97 Å². The van der Waals surface area contributed by atoms with Crippen LogP contribution in [0.1, 0.15) is 64.2 Å². The molecule has 1 saturated heterocycles. The molecule has 1 heterocycles. The first-order valence-electron chi connectivity index (χ1n) is 12.3. The zero-order valence-corrected chi connectivity index (χ0v) is 21.3. The van der Waals surface area contributed by atoms with E-state index in [0.29, 0.717) is 43.0 Å². The molecule has 0 bridgehead atoms. The fourth-order valence-corrected chi connectivity index (χ4v) is 3.86. The number of rotatable bonds is 12. The van der Waals surface area contributed by atoms with E-state index in [0.717, 1.165) is 32.4 Å². The summed E-state index contributed by atoms with van der Waals surface area (Å²) in [7, 11) is 0. The minimum Gasteiger partial charge on any atom is -0.490 e. The number of amides is 2. The summed E-state index contributed by atoms with van der Waals surface area (Å²) >= 11 is 0. The van der Waals surface area contributed by atoms with Gasteiger partial charge in [-0.15, -0.1) is 0 Å². The first-order chi connectivity index (χ1) is 16.2. The number of hydrogen-bond acceptors (Lipinski definition) is 6. The highest BCUT2D eigenvalue weighted by Gasteiger charge is 2.21. The Labute approximate surface area is 203 Å². The van der Waals surface area contributed by atoms with Gasteiger partial charge in [0.25, 0.3) is 11.8 Å². The van der Waals surface area contributed by atoms with E-state index in [-0.39, 0.29) is 30.6 Å². The van der Waals surface area contributed by atoms with Crippen molar-refractivity contribution < 1.29 is 28.6 Å². The molecule has 8 heteroatoms. The van der Waals surface area contributed by atoms with Gasteiger partial charge in [0.15, 0.2) is 24.7 Å². The Bertz CT molecular complexity index is 808. The van der Waals surface area contributed by atoms with Gasteiger partial charge in [-0.1, -0.05) is 27.7 Å². The van der Waals surface area contributed by atoms with Gasteiger partial charge < -0.3 is 24.0 Å². The van der Waals surface area contributed by atoms with Gasteiger partial charge in [0, 0.05) is 26.2 Å². The summed E-state index contributed by atoms with van der Waals surface area (Å²) in [6, 6.07) is 4.67. The Kier molecular flexibility index (Phi) is 11.2. The topological polar surface area (TPSA) is 85.4 Å². The van der Waals surface area contributed by atoms with E-state index in [9.17, 15) is 14.4 Å². The molecular formula is C26H40N2O6. The molecule has 1 fully saturated rings. The van der Waals surface area contributed by atoms with Crippen molar-refractivity contribution in [2.75, 3.05) is 46.0 Å². The smallest absolute Gasteiger partial charge is 0.338 e. The molecule has 1 aliphatic heterocycles. The summed E-state index contributed by atoms with van der Waals surface area (Å²) in [5, 5.41) is 0. The van der Waals surface area contributed by atoms with Gasteiger partial charge in [0.05, 0.1) is 12.2 Å². The molecule has 34 heavy (non-hydrogen) atoms. The summed E-state index contributed by atoms with van der Waals surface area (Å²) in [5.74, 6) is 0.506. The summed E-state index contributed by atoms with van der Waals surface area (Å²) < 4.78 is 16.6. The minimum absolute atomic E-state index is 0.0588. The maximum atomic E-state index is 12.6. The monoisotopic (exact) mass is 476 g/mol. The van der Waals surface area contributed by atoms with Crippen LogP contribution in [0, 0.1) is 11.8 Å². The maximum Gasteiger partial charge on any atom is 0.338 e.